The average Bonchev–Trinajstić information content (AvgIpc) is 2.93. The summed E-state index contributed by atoms with van der Waals surface area (Å²) >= 11 is 1.33. The Labute approximate surface area is 110 Å². The Balaban J connectivity index is 1.77. The molecule has 5 heteroatoms. The molecule has 2 rings (SSSR count). The van der Waals surface area contributed by atoms with E-state index in [-0.39, 0.29) is 11.9 Å². The molecule has 0 spiro atoms. The first-order chi connectivity index (χ1) is 8.77. The highest BCUT2D eigenvalue weighted by Crippen LogP contribution is 2.12. The smallest absolute Gasteiger partial charge is 0.262 e. The molecule has 3 N–H and O–H groups in total. The monoisotopic (exact) mass is 261 g/mol. The predicted molar refractivity (Wildman–Crippen MR) is 72.4 cm³/mol. The summed E-state index contributed by atoms with van der Waals surface area (Å²) in [6.45, 7) is 0.562. The molecule has 18 heavy (non-hydrogen) atoms. The van der Waals surface area contributed by atoms with Crippen LogP contribution in [0.25, 0.3) is 0 Å². The van der Waals surface area contributed by atoms with Crippen molar-refractivity contribution >= 4 is 17.2 Å². The van der Waals surface area contributed by atoms with Gasteiger partial charge in [0.1, 0.15) is 4.88 Å². The van der Waals surface area contributed by atoms with Crippen molar-refractivity contribution in [3.63, 3.8) is 0 Å². The molecule has 94 valence electrons. The van der Waals surface area contributed by atoms with Crippen LogP contribution in [0.5, 0.6) is 0 Å². The van der Waals surface area contributed by atoms with E-state index < -0.39 is 0 Å². The lowest BCUT2D eigenvalue weighted by Crippen LogP contribution is -2.26. The van der Waals surface area contributed by atoms with E-state index in [1.807, 2.05) is 30.3 Å². The summed E-state index contributed by atoms with van der Waals surface area (Å²) in [5.74, 6) is -0.0854. The molecule has 1 amide bonds. The van der Waals surface area contributed by atoms with E-state index in [0.717, 1.165) is 5.56 Å². The van der Waals surface area contributed by atoms with Crippen LogP contribution in [-0.4, -0.2) is 17.4 Å². The fraction of sp³-hybridized carbons (Fsp3) is 0.231. The van der Waals surface area contributed by atoms with Crippen molar-refractivity contribution in [3.8, 4) is 0 Å². The quantitative estimate of drug-likeness (QED) is 0.864. The molecule has 1 atom stereocenters. The highest BCUT2D eigenvalue weighted by molar-refractivity contribution is 7.11. The molecule has 1 aromatic heterocycles. The van der Waals surface area contributed by atoms with Gasteiger partial charge in [0.25, 0.3) is 5.91 Å². The number of hydrogen-bond acceptors (Lipinski definition) is 4. The molecule has 4 nitrogen and oxygen atoms in total. The Morgan fingerprint density at radius 1 is 1.39 bits per heavy atom. The second-order valence-electron chi connectivity index (χ2n) is 3.93. The number of nitrogens with one attached hydrogen (secondary N) is 1. The van der Waals surface area contributed by atoms with Crippen molar-refractivity contribution in [1.82, 2.24) is 10.3 Å². The van der Waals surface area contributed by atoms with E-state index in [2.05, 4.69) is 10.3 Å². The van der Waals surface area contributed by atoms with Gasteiger partial charge in [0.15, 0.2) is 0 Å². The number of thiazole rings is 1. The zero-order valence-corrected chi connectivity index (χ0v) is 10.7. The summed E-state index contributed by atoms with van der Waals surface area (Å²) in [4.78, 5) is 16.1. The van der Waals surface area contributed by atoms with Crippen molar-refractivity contribution < 1.29 is 4.79 Å². The first-order valence-electron chi connectivity index (χ1n) is 5.74. The average molecular weight is 261 g/mol. The second-order valence-corrected chi connectivity index (χ2v) is 4.81. The molecule has 0 saturated heterocycles. The zero-order valence-electron chi connectivity index (χ0n) is 9.87. The third-order valence-electron chi connectivity index (χ3n) is 2.62. The molecule has 2 aromatic rings. The van der Waals surface area contributed by atoms with Gasteiger partial charge in [-0.1, -0.05) is 30.3 Å². The number of hydrogen-bond donors (Lipinski definition) is 2. The first-order valence-corrected chi connectivity index (χ1v) is 6.62. The minimum Gasteiger partial charge on any atom is -0.351 e. The number of nitrogens with zero attached hydrogens (tertiary/aromatic N) is 1. The number of aromatic nitrogens is 1. The topological polar surface area (TPSA) is 68.0 Å². The molecule has 0 fully saturated rings. The Morgan fingerprint density at radius 2 is 2.17 bits per heavy atom. The normalized spacial score (nSPS) is 12.1. The zero-order chi connectivity index (χ0) is 12.8. The van der Waals surface area contributed by atoms with E-state index in [1.165, 1.54) is 11.3 Å². The van der Waals surface area contributed by atoms with Gasteiger partial charge in [0.2, 0.25) is 0 Å². The molecular weight excluding hydrogens is 246 g/mol. The lowest BCUT2D eigenvalue weighted by atomic mass is 10.1. The summed E-state index contributed by atoms with van der Waals surface area (Å²) in [5.41, 5.74) is 8.77. The second kappa shape index (κ2) is 6.28. The molecule has 1 heterocycles. The highest BCUT2D eigenvalue weighted by atomic mass is 32.1. The maximum atomic E-state index is 11.6. The van der Waals surface area contributed by atoms with Gasteiger partial charge in [0, 0.05) is 12.6 Å². The lowest BCUT2D eigenvalue weighted by molar-refractivity contribution is 0.0956. The number of carbonyl (C=O) groups is 1. The van der Waals surface area contributed by atoms with Crippen molar-refractivity contribution in [1.29, 1.82) is 0 Å². The number of rotatable bonds is 5. The maximum absolute atomic E-state index is 11.6. The SMILES string of the molecule is NC(CCNC(=O)c1cncs1)c1ccccc1. The Hall–Kier alpha value is -1.72. The summed E-state index contributed by atoms with van der Waals surface area (Å²) in [5, 5.41) is 2.84. The largest absolute Gasteiger partial charge is 0.351 e. The number of nitrogens with two attached hydrogens (primary N) is 1. The molecule has 0 aliphatic carbocycles. The number of benzene rings is 1. The predicted octanol–water partition coefficient (Wildman–Crippen LogP) is 1.96. The third kappa shape index (κ3) is 3.38. The standard InChI is InChI=1S/C13H15N3OS/c14-11(10-4-2-1-3-5-10)6-7-16-13(17)12-8-15-9-18-12/h1-5,8-9,11H,6-7,14H2,(H,16,17). The van der Waals surface area contributed by atoms with E-state index in [1.54, 1.807) is 11.7 Å². The highest BCUT2D eigenvalue weighted by Gasteiger charge is 2.08. The van der Waals surface area contributed by atoms with Gasteiger partial charge in [-0.2, -0.15) is 0 Å². The molecule has 0 bridgehead atoms. The van der Waals surface area contributed by atoms with Crippen LogP contribution >= 0.6 is 11.3 Å². The van der Waals surface area contributed by atoms with Crippen molar-refractivity contribution in [3.05, 3.63) is 52.5 Å². The molecule has 0 saturated carbocycles. The maximum Gasteiger partial charge on any atom is 0.262 e. The van der Waals surface area contributed by atoms with Crippen LogP contribution in [0.4, 0.5) is 0 Å². The van der Waals surface area contributed by atoms with E-state index >= 15 is 0 Å². The van der Waals surface area contributed by atoms with Crippen LogP contribution < -0.4 is 11.1 Å². The molecule has 1 unspecified atom stereocenters. The van der Waals surface area contributed by atoms with Crippen LogP contribution in [0, 0.1) is 0 Å². The molecule has 1 aromatic carbocycles. The van der Waals surface area contributed by atoms with Crippen LogP contribution in [0.15, 0.2) is 42.0 Å². The Morgan fingerprint density at radius 3 is 2.83 bits per heavy atom. The Kier molecular flexibility index (Phi) is 4.44. The van der Waals surface area contributed by atoms with E-state index in [0.29, 0.717) is 17.8 Å². The van der Waals surface area contributed by atoms with Crippen LogP contribution in [0.3, 0.4) is 0 Å². The number of carbonyl (C=O) groups excluding carboxylic acids is 1. The summed E-state index contributed by atoms with van der Waals surface area (Å²) < 4.78 is 0. The Bertz CT molecular complexity index is 484. The minimum absolute atomic E-state index is 0.0482. The molecule has 0 radical (unpaired) electrons. The van der Waals surface area contributed by atoms with Gasteiger partial charge in [-0.15, -0.1) is 11.3 Å². The molecular formula is C13H15N3OS. The van der Waals surface area contributed by atoms with Crippen molar-refractivity contribution in [2.45, 2.75) is 12.5 Å². The van der Waals surface area contributed by atoms with Gasteiger partial charge >= 0.3 is 0 Å². The van der Waals surface area contributed by atoms with E-state index in [4.69, 9.17) is 5.73 Å². The fourth-order valence-electron chi connectivity index (χ4n) is 1.62. The summed E-state index contributed by atoms with van der Waals surface area (Å²) in [6.07, 6.45) is 2.28. The van der Waals surface area contributed by atoms with E-state index in [9.17, 15) is 4.79 Å². The summed E-state index contributed by atoms with van der Waals surface area (Å²) in [7, 11) is 0. The van der Waals surface area contributed by atoms with Gasteiger partial charge < -0.3 is 11.1 Å². The van der Waals surface area contributed by atoms with Crippen LogP contribution in [0.1, 0.15) is 27.7 Å². The number of amides is 1. The minimum atomic E-state index is -0.0854. The van der Waals surface area contributed by atoms with Crippen molar-refractivity contribution in [2.75, 3.05) is 6.54 Å². The molecule has 0 aliphatic rings. The third-order valence-corrected chi connectivity index (χ3v) is 3.40. The van der Waals surface area contributed by atoms with Crippen molar-refractivity contribution in [2.24, 2.45) is 5.73 Å². The molecule has 0 aliphatic heterocycles. The van der Waals surface area contributed by atoms with Crippen LogP contribution in [-0.2, 0) is 0 Å². The fourth-order valence-corrected chi connectivity index (χ4v) is 2.16. The van der Waals surface area contributed by atoms with Gasteiger partial charge in [-0.05, 0) is 12.0 Å². The van der Waals surface area contributed by atoms with Crippen LogP contribution in [0.2, 0.25) is 0 Å². The first kappa shape index (κ1) is 12.7. The van der Waals surface area contributed by atoms with Gasteiger partial charge in [-0.3, -0.25) is 9.78 Å². The summed E-state index contributed by atoms with van der Waals surface area (Å²) in [6, 6.07) is 9.83. The van der Waals surface area contributed by atoms with Gasteiger partial charge in [-0.25, -0.2) is 0 Å². The lowest BCUT2D eigenvalue weighted by Gasteiger charge is -2.12. The van der Waals surface area contributed by atoms with Gasteiger partial charge in [0.05, 0.1) is 11.7 Å².